The van der Waals surface area contributed by atoms with E-state index in [0.29, 0.717) is 25.4 Å². The summed E-state index contributed by atoms with van der Waals surface area (Å²) in [5.41, 5.74) is 1.83. The van der Waals surface area contributed by atoms with Crippen LogP contribution in [-0.2, 0) is 11.2 Å². The van der Waals surface area contributed by atoms with Gasteiger partial charge in [0.15, 0.2) is 17.3 Å². The van der Waals surface area contributed by atoms with Gasteiger partial charge in [0, 0.05) is 38.0 Å². The molecule has 5 heteroatoms. The molecule has 0 amide bonds. The maximum Gasteiger partial charge on any atom is 0.164 e. The first-order chi connectivity index (χ1) is 11.3. The fraction of sp³-hybridized carbons (Fsp3) is 0.611. The van der Waals surface area contributed by atoms with Crippen molar-refractivity contribution in [1.82, 2.24) is 4.90 Å². The van der Waals surface area contributed by atoms with Crippen LogP contribution in [0.5, 0.6) is 11.5 Å². The number of fused-ring (bicyclic) bond motifs is 1. The average molecular weight is 319 g/mol. The quantitative estimate of drug-likeness (QED) is 0.780. The second-order valence-corrected chi connectivity index (χ2v) is 5.99. The lowest BCUT2D eigenvalue weighted by Gasteiger charge is -2.26. The zero-order valence-electron chi connectivity index (χ0n) is 13.8. The third kappa shape index (κ3) is 4.03. The monoisotopic (exact) mass is 319 g/mol. The highest BCUT2D eigenvalue weighted by atomic mass is 16.5. The Kier molecular flexibility index (Phi) is 5.51. The standard InChI is InChI=1S/C18H25NO4/c1-2-14-12-17-18(23-9-3-8-22-17)13-15(14)16(20)4-5-19-6-10-21-11-7-19/h12-13H,2-11H2,1H3. The number of benzene rings is 1. The summed E-state index contributed by atoms with van der Waals surface area (Å²) in [5.74, 6) is 1.66. The number of hydrogen-bond acceptors (Lipinski definition) is 5. The van der Waals surface area contributed by atoms with Gasteiger partial charge in [-0.1, -0.05) is 6.92 Å². The van der Waals surface area contributed by atoms with Gasteiger partial charge in [0.1, 0.15) is 0 Å². The van der Waals surface area contributed by atoms with Gasteiger partial charge in [0.2, 0.25) is 0 Å². The molecule has 0 radical (unpaired) electrons. The summed E-state index contributed by atoms with van der Waals surface area (Å²) in [6, 6.07) is 3.85. The SMILES string of the molecule is CCc1cc2c(cc1C(=O)CCN1CCOCC1)OCCCO2. The van der Waals surface area contributed by atoms with Crippen LogP contribution in [0.2, 0.25) is 0 Å². The van der Waals surface area contributed by atoms with E-state index in [1.54, 1.807) is 0 Å². The van der Waals surface area contributed by atoms with Gasteiger partial charge >= 0.3 is 0 Å². The minimum Gasteiger partial charge on any atom is -0.490 e. The first-order valence-corrected chi connectivity index (χ1v) is 8.53. The Hall–Kier alpha value is -1.59. The number of Topliss-reactive ketones (excluding diaryl/α,β-unsaturated/α-hetero) is 1. The van der Waals surface area contributed by atoms with Crippen LogP contribution in [0.1, 0.15) is 35.7 Å². The van der Waals surface area contributed by atoms with E-state index >= 15 is 0 Å². The molecule has 0 atom stereocenters. The number of rotatable bonds is 5. The molecule has 1 saturated heterocycles. The molecule has 126 valence electrons. The predicted molar refractivity (Wildman–Crippen MR) is 87.6 cm³/mol. The molecule has 23 heavy (non-hydrogen) atoms. The Balaban J connectivity index is 1.72. The lowest BCUT2D eigenvalue weighted by atomic mass is 9.98. The third-order valence-electron chi connectivity index (χ3n) is 4.41. The highest BCUT2D eigenvalue weighted by molar-refractivity contribution is 5.98. The number of morpholine rings is 1. The van der Waals surface area contributed by atoms with Gasteiger partial charge in [-0.05, 0) is 24.1 Å². The summed E-state index contributed by atoms with van der Waals surface area (Å²) in [6.45, 7) is 7.51. The minimum absolute atomic E-state index is 0.184. The molecule has 5 nitrogen and oxygen atoms in total. The highest BCUT2D eigenvalue weighted by Gasteiger charge is 2.19. The first-order valence-electron chi connectivity index (χ1n) is 8.53. The van der Waals surface area contributed by atoms with Crippen LogP contribution in [0, 0.1) is 0 Å². The number of nitrogens with zero attached hydrogens (tertiary/aromatic N) is 1. The summed E-state index contributed by atoms with van der Waals surface area (Å²) in [7, 11) is 0. The fourth-order valence-corrected chi connectivity index (χ4v) is 3.02. The minimum atomic E-state index is 0.184. The smallest absolute Gasteiger partial charge is 0.164 e. The van der Waals surface area contributed by atoms with Crippen LogP contribution in [-0.4, -0.2) is 56.7 Å². The summed E-state index contributed by atoms with van der Waals surface area (Å²) in [5, 5.41) is 0. The molecule has 1 aromatic carbocycles. The van der Waals surface area contributed by atoms with E-state index in [4.69, 9.17) is 14.2 Å². The summed E-state index contributed by atoms with van der Waals surface area (Å²) in [4.78, 5) is 15.0. The number of carbonyl (C=O) groups excluding carboxylic acids is 1. The van der Waals surface area contributed by atoms with Crippen molar-refractivity contribution in [3.63, 3.8) is 0 Å². The fourth-order valence-electron chi connectivity index (χ4n) is 3.02. The van der Waals surface area contributed by atoms with Crippen molar-refractivity contribution < 1.29 is 19.0 Å². The van der Waals surface area contributed by atoms with Gasteiger partial charge in [-0.2, -0.15) is 0 Å². The molecular weight excluding hydrogens is 294 g/mol. The molecule has 0 spiro atoms. The number of aryl methyl sites for hydroxylation is 1. The summed E-state index contributed by atoms with van der Waals surface area (Å²) < 4.78 is 16.8. The van der Waals surface area contributed by atoms with Gasteiger partial charge in [-0.25, -0.2) is 0 Å². The number of ketones is 1. The third-order valence-corrected chi connectivity index (χ3v) is 4.41. The zero-order chi connectivity index (χ0) is 16.1. The number of carbonyl (C=O) groups is 1. The molecule has 2 aliphatic heterocycles. The highest BCUT2D eigenvalue weighted by Crippen LogP contribution is 2.33. The Morgan fingerprint density at radius 3 is 2.48 bits per heavy atom. The van der Waals surface area contributed by atoms with Crippen LogP contribution in [0.3, 0.4) is 0 Å². The Morgan fingerprint density at radius 1 is 1.09 bits per heavy atom. The van der Waals surface area contributed by atoms with E-state index in [2.05, 4.69) is 11.8 Å². The van der Waals surface area contributed by atoms with Crippen molar-refractivity contribution in [3.8, 4) is 11.5 Å². The molecule has 0 aliphatic carbocycles. The lowest BCUT2D eigenvalue weighted by Crippen LogP contribution is -2.37. The van der Waals surface area contributed by atoms with Gasteiger partial charge in [-0.3, -0.25) is 9.69 Å². The molecule has 3 rings (SSSR count). The van der Waals surface area contributed by atoms with E-state index < -0.39 is 0 Å². The predicted octanol–water partition coefficient (Wildman–Crippen LogP) is 2.32. The average Bonchev–Trinajstić information content (AvgIpc) is 2.84. The molecule has 1 aromatic rings. The lowest BCUT2D eigenvalue weighted by molar-refractivity contribution is 0.0370. The molecular formula is C18H25NO4. The van der Waals surface area contributed by atoms with Crippen molar-refractivity contribution in [2.24, 2.45) is 0 Å². The van der Waals surface area contributed by atoms with Crippen LogP contribution >= 0.6 is 0 Å². The van der Waals surface area contributed by atoms with Crippen molar-refractivity contribution in [2.45, 2.75) is 26.2 Å². The topological polar surface area (TPSA) is 48.0 Å². The normalized spacial score (nSPS) is 18.5. The molecule has 0 unspecified atom stereocenters. The molecule has 0 saturated carbocycles. The van der Waals surface area contributed by atoms with Crippen molar-refractivity contribution >= 4 is 5.78 Å². The maximum atomic E-state index is 12.7. The van der Waals surface area contributed by atoms with Crippen molar-refractivity contribution in [2.75, 3.05) is 46.1 Å². The van der Waals surface area contributed by atoms with Gasteiger partial charge in [-0.15, -0.1) is 0 Å². The first kappa shape index (κ1) is 16.3. The van der Waals surface area contributed by atoms with E-state index in [1.165, 1.54) is 0 Å². The number of ether oxygens (including phenoxy) is 3. The zero-order valence-corrected chi connectivity index (χ0v) is 13.8. The molecule has 0 aromatic heterocycles. The van der Waals surface area contributed by atoms with E-state index in [-0.39, 0.29) is 5.78 Å². The summed E-state index contributed by atoms with van der Waals surface area (Å²) in [6.07, 6.45) is 2.22. The Bertz CT molecular complexity index is 552. The second kappa shape index (κ2) is 7.79. The molecule has 2 aliphatic rings. The van der Waals surface area contributed by atoms with Crippen LogP contribution in [0.15, 0.2) is 12.1 Å². The maximum absolute atomic E-state index is 12.7. The largest absolute Gasteiger partial charge is 0.490 e. The van der Waals surface area contributed by atoms with E-state index in [0.717, 1.165) is 62.6 Å². The van der Waals surface area contributed by atoms with Crippen molar-refractivity contribution in [3.05, 3.63) is 23.3 Å². The number of hydrogen-bond donors (Lipinski definition) is 0. The Morgan fingerprint density at radius 2 is 1.78 bits per heavy atom. The van der Waals surface area contributed by atoms with Crippen molar-refractivity contribution in [1.29, 1.82) is 0 Å². The van der Waals surface area contributed by atoms with Gasteiger partial charge < -0.3 is 14.2 Å². The molecule has 0 bridgehead atoms. The van der Waals surface area contributed by atoms with E-state index in [9.17, 15) is 4.79 Å². The van der Waals surface area contributed by atoms with Gasteiger partial charge in [0.25, 0.3) is 0 Å². The summed E-state index contributed by atoms with van der Waals surface area (Å²) >= 11 is 0. The molecule has 1 fully saturated rings. The Labute approximate surface area is 137 Å². The molecule has 0 N–H and O–H groups in total. The van der Waals surface area contributed by atoms with Crippen LogP contribution in [0.4, 0.5) is 0 Å². The van der Waals surface area contributed by atoms with Crippen LogP contribution < -0.4 is 9.47 Å². The van der Waals surface area contributed by atoms with E-state index in [1.807, 2.05) is 12.1 Å². The van der Waals surface area contributed by atoms with Gasteiger partial charge in [0.05, 0.1) is 26.4 Å². The van der Waals surface area contributed by atoms with Crippen LogP contribution in [0.25, 0.3) is 0 Å². The molecule has 2 heterocycles. The second-order valence-electron chi connectivity index (χ2n) is 5.99.